The van der Waals surface area contributed by atoms with E-state index in [0.717, 1.165) is 38.8 Å². The van der Waals surface area contributed by atoms with Crippen LogP contribution in [0.3, 0.4) is 0 Å². The molecule has 1 saturated carbocycles. The van der Waals surface area contributed by atoms with Crippen LogP contribution in [0.2, 0.25) is 0 Å². The molecule has 1 spiro atoms. The van der Waals surface area contributed by atoms with E-state index in [0.29, 0.717) is 0 Å². The molecular weight excluding hydrogens is 357 g/mol. The predicted octanol–water partition coefficient (Wildman–Crippen LogP) is 4.18. The summed E-state index contributed by atoms with van der Waals surface area (Å²) in [5, 5.41) is 11.3. The van der Waals surface area contributed by atoms with E-state index >= 15 is 0 Å². The lowest BCUT2D eigenvalue weighted by atomic mass is 9.53. The first-order valence-corrected chi connectivity index (χ1v) is 12.7. The molecule has 1 aromatic heterocycles. The molecule has 27 heavy (non-hydrogen) atoms. The van der Waals surface area contributed by atoms with Crippen LogP contribution in [0.15, 0.2) is 30.2 Å². The number of nitrogens with zero attached hydrogens (tertiary/aromatic N) is 3. The number of imidazole rings is 1. The van der Waals surface area contributed by atoms with Crippen molar-refractivity contribution in [2.75, 3.05) is 26.4 Å². The normalized spacial score (nSPS) is 30.9. The molecule has 3 unspecified atom stereocenters. The topological polar surface area (TPSA) is 58.4 Å². The molecule has 0 aromatic carbocycles. The highest BCUT2D eigenvalue weighted by Crippen LogP contribution is 2.60. The van der Waals surface area contributed by atoms with Crippen LogP contribution in [-0.2, 0) is 4.57 Å². The number of hydrogen-bond donors (Lipinski definition) is 1. The van der Waals surface area contributed by atoms with Crippen LogP contribution in [0.1, 0.15) is 51.3 Å². The van der Waals surface area contributed by atoms with Crippen LogP contribution in [0, 0.1) is 11.3 Å². The molecule has 3 atom stereocenters. The maximum Gasteiger partial charge on any atom is 0.144 e. The van der Waals surface area contributed by atoms with Crippen molar-refractivity contribution in [3.05, 3.63) is 35.9 Å². The summed E-state index contributed by atoms with van der Waals surface area (Å²) in [4.78, 5) is 4.35. The number of aromatic nitrogens is 2. The van der Waals surface area contributed by atoms with E-state index in [9.17, 15) is 9.67 Å². The second kappa shape index (κ2) is 6.72. The van der Waals surface area contributed by atoms with Crippen LogP contribution in [0.4, 0.5) is 0 Å². The molecule has 2 fully saturated rings. The summed E-state index contributed by atoms with van der Waals surface area (Å²) >= 11 is 0. The Morgan fingerprint density at radius 1 is 1.37 bits per heavy atom. The van der Waals surface area contributed by atoms with E-state index in [2.05, 4.69) is 40.2 Å². The van der Waals surface area contributed by atoms with Gasteiger partial charge in [-0.1, -0.05) is 19.1 Å². The first-order valence-electron chi connectivity index (χ1n) is 10.2. The third-order valence-corrected chi connectivity index (χ3v) is 8.89. The van der Waals surface area contributed by atoms with Crippen molar-refractivity contribution >= 4 is 12.9 Å². The average molecular weight is 389 g/mol. The predicted molar refractivity (Wildman–Crippen MR) is 110 cm³/mol. The number of hydrogen-bond acceptors (Lipinski definition) is 3. The highest BCUT2D eigenvalue weighted by Gasteiger charge is 2.58. The van der Waals surface area contributed by atoms with Crippen molar-refractivity contribution in [1.29, 1.82) is 0 Å². The molecule has 3 heterocycles. The molecule has 1 aromatic rings. The molecule has 0 bridgehead atoms. The molecule has 6 heteroatoms. The molecule has 1 saturated heterocycles. The van der Waals surface area contributed by atoms with Gasteiger partial charge in [-0.3, -0.25) is 4.67 Å². The number of rotatable bonds is 4. The van der Waals surface area contributed by atoms with Gasteiger partial charge in [0, 0.05) is 32.3 Å². The lowest BCUT2D eigenvalue weighted by Gasteiger charge is -2.58. The summed E-state index contributed by atoms with van der Waals surface area (Å²) in [6.45, 7) is 9.70. The standard InChI is InChI=1S/C21H32N3O2P/c1-5-6-7-16-15(2)18-13-22-14-24(18)19(16)17-12-21(20(17)25)8-10-23(11-9-21)27(3,4)26/h6-7,13-14,17,19-20,25H,5,8-12H2,1-4H3/b7-6-. The lowest BCUT2D eigenvalue weighted by molar-refractivity contribution is -0.152. The van der Waals surface area contributed by atoms with Crippen LogP contribution < -0.4 is 0 Å². The molecule has 0 amide bonds. The maximum absolute atomic E-state index is 12.4. The van der Waals surface area contributed by atoms with Crippen molar-refractivity contribution in [3.63, 3.8) is 0 Å². The van der Waals surface area contributed by atoms with Crippen molar-refractivity contribution in [2.45, 2.75) is 51.7 Å². The summed E-state index contributed by atoms with van der Waals surface area (Å²) in [5.41, 5.74) is 3.80. The highest BCUT2D eigenvalue weighted by molar-refractivity contribution is 7.59. The molecular formula is C21H32N3O2P. The van der Waals surface area contributed by atoms with Crippen molar-refractivity contribution in [3.8, 4) is 0 Å². The summed E-state index contributed by atoms with van der Waals surface area (Å²) < 4.78 is 16.8. The zero-order chi connectivity index (χ0) is 19.4. The lowest BCUT2D eigenvalue weighted by Crippen LogP contribution is -2.59. The smallest absolute Gasteiger partial charge is 0.144 e. The van der Waals surface area contributed by atoms with Gasteiger partial charge >= 0.3 is 0 Å². The molecule has 4 rings (SSSR count). The Bertz CT molecular complexity index is 826. The first kappa shape index (κ1) is 19.2. The van der Waals surface area contributed by atoms with Crippen molar-refractivity contribution < 1.29 is 9.67 Å². The number of aliphatic hydroxyl groups is 1. The Morgan fingerprint density at radius 3 is 2.67 bits per heavy atom. The fourth-order valence-corrected chi connectivity index (χ4v) is 6.61. The van der Waals surface area contributed by atoms with Gasteiger partial charge in [-0.05, 0) is 49.2 Å². The van der Waals surface area contributed by atoms with Gasteiger partial charge in [-0.25, -0.2) is 4.98 Å². The minimum absolute atomic E-state index is 0.00710. The van der Waals surface area contributed by atoms with Crippen molar-refractivity contribution in [2.24, 2.45) is 11.3 Å². The molecule has 1 aliphatic carbocycles. The van der Waals surface area contributed by atoms with Gasteiger partial charge in [0.1, 0.15) is 7.29 Å². The number of fused-ring (bicyclic) bond motifs is 1. The summed E-state index contributed by atoms with van der Waals surface area (Å²) in [6.07, 6.45) is 12.0. The van der Waals surface area contributed by atoms with Crippen LogP contribution in [0.5, 0.6) is 0 Å². The number of piperidine rings is 1. The van der Waals surface area contributed by atoms with E-state index in [1.807, 2.05) is 25.9 Å². The van der Waals surface area contributed by atoms with Gasteiger partial charge in [0.2, 0.25) is 0 Å². The number of allylic oxidation sites excluding steroid dienone is 4. The van der Waals surface area contributed by atoms with Crippen molar-refractivity contribution in [1.82, 2.24) is 14.2 Å². The van der Waals surface area contributed by atoms with Gasteiger partial charge in [0.25, 0.3) is 0 Å². The van der Waals surface area contributed by atoms with E-state index in [4.69, 9.17) is 0 Å². The molecule has 2 aliphatic heterocycles. The van der Waals surface area contributed by atoms with Gasteiger partial charge in [-0.2, -0.15) is 0 Å². The maximum atomic E-state index is 12.4. The quantitative estimate of drug-likeness (QED) is 0.785. The van der Waals surface area contributed by atoms with E-state index in [1.165, 1.54) is 16.8 Å². The fourth-order valence-electron chi connectivity index (χ4n) is 5.44. The second-order valence-electron chi connectivity index (χ2n) is 8.94. The molecule has 1 N–H and O–H groups in total. The van der Waals surface area contributed by atoms with Crippen LogP contribution >= 0.6 is 7.29 Å². The minimum Gasteiger partial charge on any atom is -0.392 e. The third kappa shape index (κ3) is 2.99. The third-order valence-electron chi connectivity index (χ3n) is 7.13. The zero-order valence-corrected chi connectivity index (χ0v) is 17.8. The molecule has 0 radical (unpaired) electrons. The SMILES string of the molecule is CC/C=C\C1=C(C)c2cncn2C1C1CC2(CCN(P(C)(C)=O)CC2)C1O. The molecule has 148 valence electrons. The largest absolute Gasteiger partial charge is 0.392 e. The zero-order valence-electron chi connectivity index (χ0n) is 16.9. The van der Waals surface area contributed by atoms with Gasteiger partial charge in [0.05, 0.1) is 30.4 Å². The Hall–Kier alpha value is -1.16. The highest BCUT2D eigenvalue weighted by atomic mass is 31.2. The summed E-state index contributed by atoms with van der Waals surface area (Å²) in [6, 6.07) is 0.187. The minimum atomic E-state index is -2.18. The van der Waals surface area contributed by atoms with Crippen LogP contribution in [0.25, 0.3) is 5.57 Å². The fraction of sp³-hybridized carbons (Fsp3) is 0.667. The average Bonchev–Trinajstić information content (AvgIpc) is 3.20. The van der Waals surface area contributed by atoms with E-state index < -0.39 is 7.29 Å². The Balaban J connectivity index is 1.54. The van der Waals surface area contributed by atoms with Gasteiger partial charge < -0.3 is 14.2 Å². The van der Waals surface area contributed by atoms with Gasteiger partial charge in [-0.15, -0.1) is 0 Å². The Labute approximate surface area is 162 Å². The van der Waals surface area contributed by atoms with Gasteiger partial charge in [0.15, 0.2) is 0 Å². The van der Waals surface area contributed by atoms with Crippen LogP contribution in [-0.4, -0.2) is 51.9 Å². The first-order chi connectivity index (χ1) is 12.8. The monoisotopic (exact) mass is 389 g/mol. The molecule has 5 nitrogen and oxygen atoms in total. The number of aliphatic hydroxyl groups excluding tert-OH is 1. The van der Waals surface area contributed by atoms with E-state index in [1.54, 1.807) is 0 Å². The summed E-state index contributed by atoms with van der Waals surface area (Å²) in [5.74, 6) is 0.230. The Morgan fingerprint density at radius 2 is 2.07 bits per heavy atom. The second-order valence-corrected chi connectivity index (χ2v) is 12.1. The summed E-state index contributed by atoms with van der Waals surface area (Å²) in [7, 11) is -2.18. The van der Waals surface area contributed by atoms with E-state index in [-0.39, 0.29) is 23.5 Å². The molecule has 3 aliphatic rings. The Kier molecular flexibility index (Phi) is 4.77.